The van der Waals surface area contributed by atoms with Crippen LogP contribution in [0.4, 0.5) is 5.69 Å². The average molecular weight is 311 g/mol. The topological polar surface area (TPSA) is 51.1 Å². The quantitative estimate of drug-likeness (QED) is 0.832. The molecule has 0 unspecified atom stereocenters. The third-order valence-electron chi connectivity index (χ3n) is 3.89. The molecule has 1 aliphatic heterocycles. The lowest BCUT2D eigenvalue weighted by Gasteiger charge is -2.21. The van der Waals surface area contributed by atoms with Crippen LogP contribution in [0.3, 0.4) is 0 Å². The normalized spacial score (nSPS) is 13.7. The zero-order chi connectivity index (χ0) is 16.6. The maximum atomic E-state index is 10.2. The Morgan fingerprint density at radius 3 is 2.70 bits per heavy atom. The minimum absolute atomic E-state index is 0.146. The monoisotopic (exact) mass is 311 g/mol. The lowest BCUT2D eigenvalue weighted by atomic mass is 9.85. The Morgan fingerprint density at radius 1 is 1.17 bits per heavy atom. The summed E-state index contributed by atoms with van der Waals surface area (Å²) in [5.41, 5.74) is 3.38. The summed E-state index contributed by atoms with van der Waals surface area (Å²) in [6, 6.07) is 9.45. The van der Waals surface area contributed by atoms with E-state index in [2.05, 4.69) is 25.8 Å². The van der Waals surface area contributed by atoms with Crippen molar-refractivity contribution in [3.8, 4) is 17.2 Å². The van der Waals surface area contributed by atoms with Crippen molar-refractivity contribution in [3.63, 3.8) is 0 Å². The van der Waals surface area contributed by atoms with Gasteiger partial charge < -0.3 is 14.6 Å². The van der Waals surface area contributed by atoms with Crippen LogP contribution >= 0.6 is 0 Å². The van der Waals surface area contributed by atoms with Crippen molar-refractivity contribution < 1.29 is 14.6 Å². The molecule has 0 spiro atoms. The number of ether oxygens (including phenoxy) is 2. The minimum atomic E-state index is -0.146. The van der Waals surface area contributed by atoms with Crippen molar-refractivity contribution >= 4 is 11.9 Å². The van der Waals surface area contributed by atoms with E-state index in [0.29, 0.717) is 5.75 Å². The van der Waals surface area contributed by atoms with Gasteiger partial charge in [0.2, 0.25) is 6.79 Å². The molecule has 1 N–H and O–H groups in total. The zero-order valence-electron chi connectivity index (χ0n) is 13.9. The van der Waals surface area contributed by atoms with E-state index in [-0.39, 0.29) is 12.2 Å². The summed E-state index contributed by atoms with van der Waals surface area (Å²) in [6.07, 6.45) is 1.78. The largest absolute Gasteiger partial charge is 0.508 e. The van der Waals surface area contributed by atoms with Crippen molar-refractivity contribution in [3.05, 3.63) is 47.0 Å². The van der Waals surface area contributed by atoms with Gasteiger partial charge in [0, 0.05) is 17.3 Å². The summed E-state index contributed by atoms with van der Waals surface area (Å²) < 4.78 is 10.9. The molecule has 0 saturated heterocycles. The molecule has 1 heterocycles. The SMILES string of the molecule is Cc1cc(O)c(C(C)(C)C)cc1N=Cc1cccc2c1OCO2. The number of phenols is 1. The summed E-state index contributed by atoms with van der Waals surface area (Å²) in [5.74, 6) is 1.78. The fourth-order valence-corrected chi connectivity index (χ4v) is 2.61. The number of aromatic hydroxyl groups is 1. The average Bonchev–Trinajstić information content (AvgIpc) is 2.94. The van der Waals surface area contributed by atoms with Crippen LogP contribution in [0.15, 0.2) is 35.3 Å². The molecule has 3 rings (SSSR count). The van der Waals surface area contributed by atoms with E-state index in [1.54, 1.807) is 12.3 Å². The number of phenolic OH excluding ortho intramolecular Hbond substituents is 1. The highest BCUT2D eigenvalue weighted by molar-refractivity contribution is 5.87. The van der Waals surface area contributed by atoms with Crippen molar-refractivity contribution in [2.75, 3.05) is 6.79 Å². The first-order chi connectivity index (χ1) is 10.9. The van der Waals surface area contributed by atoms with Crippen LogP contribution < -0.4 is 9.47 Å². The number of nitrogens with zero attached hydrogens (tertiary/aromatic N) is 1. The van der Waals surface area contributed by atoms with Crippen LogP contribution in [0.1, 0.15) is 37.5 Å². The molecule has 2 aromatic rings. The third kappa shape index (κ3) is 3.02. The van der Waals surface area contributed by atoms with Crippen LogP contribution in [0, 0.1) is 6.92 Å². The first-order valence-electron chi connectivity index (χ1n) is 7.63. The highest BCUT2D eigenvalue weighted by atomic mass is 16.7. The van der Waals surface area contributed by atoms with Gasteiger partial charge in [-0.15, -0.1) is 0 Å². The lowest BCUT2D eigenvalue weighted by molar-refractivity contribution is 0.174. The molecule has 2 aromatic carbocycles. The van der Waals surface area contributed by atoms with Crippen LogP contribution in [-0.4, -0.2) is 18.1 Å². The van der Waals surface area contributed by atoms with Crippen molar-refractivity contribution in [2.45, 2.75) is 33.1 Å². The molecule has 0 bridgehead atoms. The molecule has 0 radical (unpaired) electrons. The van der Waals surface area contributed by atoms with E-state index in [0.717, 1.165) is 33.9 Å². The Morgan fingerprint density at radius 2 is 1.96 bits per heavy atom. The molecule has 4 heteroatoms. The van der Waals surface area contributed by atoms with E-state index < -0.39 is 0 Å². The van der Waals surface area contributed by atoms with Crippen molar-refractivity contribution in [1.29, 1.82) is 0 Å². The number of aliphatic imine (C=N–C) groups is 1. The Labute approximate surface area is 136 Å². The Hall–Kier alpha value is -2.49. The first kappa shape index (κ1) is 15.4. The summed E-state index contributed by atoms with van der Waals surface area (Å²) in [7, 11) is 0. The van der Waals surface area contributed by atoms with Gasteiger partial charge in [0.1, 0.15) is 5.75 Å². The van der Waals surface area contributed by atoms with Gasteiger partial charge in [-0.25, -0.2) is 0 Å². The molecule has 0 aromatic heterocycles. The number of aryl methyl sites for hydroxylation is 1. The van der Waals surface area contributed by atoms with Gasteiger partial charge in [-0.05, 0) is 42.2 Å². The van der Waals surface area contributed by atoms with Gasteiger partial charge in [-0.3, -0.25) is 4.99 Å². The standard InChI is InChI=1S/C19H21NO3/c1-12-8-16(21)14(19(2,3)4)9-15(12)20-10-13-6-5-7-17-18(13)23-11-22-17/h5-10,21H,11H2,1-4H3. The number of para-hydroxylation sites is 1. The first-order valence-corrected chi connectivity index (χ1v) is 7.63. The molecule has 1 aliphatic rings. The number of hydrogen-bond donors (Lipinski definition) is 1. The smallest absolute Gasteiger partial charge is 0.231 e. The molecular formula is C19H21NO3. The van der Waals surface area contributed by atoms with E-state index in [9.17, 15) is 5.11 Å². The van der Waals surface area contributed by atoms with E-state index in [1.807, 2.05) is 31.2 Å². The van der Waals surface area contributed by atoms with Crippen LogP contribution in [0.5, 0.6) is 17.2 Å². The number of hydrogen-bond acceptors (Lipinski definition) is 4. The van der Waals surface area contributed by atoms with Gasteiger partial charge in [0.05, 0.1) is 5.69 Å². The third-order valence-corrected chi connectivity index (χ3v) is 3.89. The molecule has 0 atom stereocenters. The van der Waals surface area contributed by atoms with E-state index in [4.69, 9.17) is 9.47 Å². The summed E-state index contributed by atoms with van der Waals surface area (Å²) in [6.45, 7) is 8.39. The number of rotatable bonds is 2. The molecule has 120 valence electrons. The summed E-state index contributed by atoms with van der Waals surface area (Å²) >= 11 is 0. The van der Waals surface area contributed by atoms with E-state index >= 15 is 0 Å². The highest BCUT2D eigenvalue weighted by Gasteiger charge is 2.20. The molecule has 0 saturated carbocycles. The molecule has 23 heavy (non-hydrogen) atoms. The molecular weight excluding hydrogens is 290 g/mol. The second-order valence-electron chi connectivity index (χ2n) is 6.75. The zero-order valence-corrected chi connectivity index (χ0v) is 13.9. The van der Waals surface area contributed by atoms with Crippen molar-refractivity contribution in [1.82, 2.24) is 0 Å². The molecule has 0 aliphatic carbocycles. The van der Waals surface area contributed by atoms with E-state index in [1.165, 1.54) is 0 Å². The molecule has 4 nitrogen and oxygen atoms in total. The fourth-order valence-electron chi connectivity index (χ4n) is 2.61. The van der Waals surface area contributed by atoms with Crippen molar-refractivity contribution in [2.24, 2.45) is 4.99 Å². The van der Waals surface area contributed by atoms with Crippen LogP contribution in [0.2, 0.25) is 0 Å². The molecule has 0 amide bonds. The van der Waals surface area contributed by atoms with Crippen LogP contribution in [-0.2, 0) is 5.41 Å². The van der Waals surface area contributed by atoms with Gasteiger partial charge in [-0.2, -0.15) is 0 Å². The number of fused-ring (bicyclic) bond motifs is 1. The Balaban J connectivity index is 1.99. The highest BCUT2D eigenvalue weighted by Crippen LogP contribution is 2.37. The van der Waals surface area contributed by atoms with Gasteiger partial charge in [-0.1, -0.05) is 26.8 Å². The van der Waals surface area contributed by atoms with Gasteiger partial charge in [0.15, 0.2) is 11.5 Å². The lowest BCUT2D eigenvalue weighted by Crippen LogP contribution is -2.11. The Bertz CT molecular complexity index is 773. The predicted octanol–water partition coefficient (Wildman–Crippen LogP) is 4.48. The second kappa shape index (κ2) is 5.61. The summed E-state index contributed by atoms with van der Waals surface area (Å²) in [4.78, 5) is 4.60. The maximum absolute atomic E-state index is 10.2. The minimum Gasteiger partial charge on any atom is -0.508 e. The molecule has 0 fully saturated rings. The van der Waals surface area contributed by atoms with Gasteiger partial charge in [0.25, 0.3) is 0 Å². The fraction of sp³-hybridized carbons (Fsp3) is 0.316. The number of benzene rings is 2. The second-order valence-corrected chi connectivity index (χ2v) is 6.75. The Kier molecular flexibility index (Phi) is 3.76. The maximum Gasteiger partial charge on any atom is 0.231 e. The summed E-state index contributed by atoms with van der Waals surface area (Å²) in [5, 5.41) is 10.2. The predicted molar refractivity (Wildman–Crippen MR) is 91.4 cm³/mol. The van der Waals surface area contributed by atoms with Crippen LogP contribution in [0.25, 0.3) is 0 Å². The van der Waals surface area contributed by atoms with Gasteiger partial charge >= 0.3 is 0 Å².